The maximum atomic E-state index is 14.5. The van der Waals surface area contributed by atoms with E-state index < -0.39 is 28.3 Å². The summed E-state index contributed by atoms with van der Waals surface area (Å²) in [5, 5.41) is 2.59. The highest BCUT2D eigenvalue weighted by atomic mass is 32.2. The van der Waals surface area contributed by atoms with Crippen LogP contribution in [-0.2, 0) is 21.4 Å². The van der Waals surface area contributed by atoms with Crippen LogP contribution in [0.2, 0.25) is 0 Å². The van der Waals surface area contributed by atoms with Crippen LogP contribution in [0.1, 0.15) is 28.7 Å². The number of imidazole rings is 1. The van der Waals surface area contributed by atoms with E-state index in [1.807, 2.05) is 0 Å². The number of rotatable bonds is 8. The molecule has 32 heavy (non-hydrogen) atoms. The van der Waals surface area contributed by atoms with Gasteiger partial charge in [0.05, 0.1) is 17.1 Å². The van der Waals surface area contributed by atoms with Crippen LogP contribution in [0, 0.1) is 12.7 Å². The zero-order chi connectivity index (χ0) is 23.5. The third-order valence-electron chi connectivity index (χ3n) is 4.92. The van der Waals surface area contributed by atoms with E-state index >= 15 is 0 Å². The number of aryl methyl sites for hydroxylation is 1. The van der Waals surface area contributed by atoms with Crippen LogP contribution in [0.25, 0.3) is 5.69 Å². The van der Waals surface area contributed by atoms with E-state index in [4.69, 9.17) is 0 Å². The number of amides is 1. The third kappa shape index (κ3) is 5.09. The van der Waals surface area contributed by atoms with E-state index in [0.717, 1.165) is 4.31 Å². The average Bonchev–Trinajstić information content (AvgIpc) is 3.17. The number of Topliss-reactive ketones (excluding diaryl/α,β-unsaturated/α-hetero) is 1. The molecule has 0 spiro atoms. The molecule has 8 nitrogen and oxygen atoms in total. The van der Waals surface area contributed by atoms with Gasteiger partial charge in [0.2, 0.25) is 15.9 Å². The molecule has 1 aromatic heterocycles. The Balaban J connectivity index is 1.61. The van der Waals surface area contributed by atoms with Gasteiger partial charge in [-0.25, -0.2) is 17.8 Å². The number of carbonyl (C=O) groups is 2. The number of likely N-dealkylation sites (N-methyl/N-ethyl adjacent to an activating group) is 1. The Morgan fingerprint density at radius 3 is 2.41 bits per heavy atom. The number of hydrogen-bond donors (Lipinski definition) is 1. The standard InChI is InChI=1S/C22H23FN4O4S/c1-15(28)18-5-7-19(8-6-18)32(30,31)26(3)14-22(29)25-13-17-4-9-21(20(23)12-17)27-11-10-24-16(27)2/h4-12H,13-14H2,1-3H3,(H,25,29). The first kappa shape index (κ1) is 23.3. The molecule has 0 radical (unpaired) electrons. The topological polar surface area (TPSA) is 101 Å². The largest absolute Gasteiger partial charge is 0.351 e. The zero-order valence-corrected chi connectivity index (χ0v) is 18.7. The van der Waals surface area contributed by atoms with Crippen molar-refractivity contribution in [3.8, 4) is 5.69 Å². The minimum absolute atomic E-state index is 0.0229. The van der Waals surface area contributed by atoms with Gasteiger partial charge < -0.3 is 9.88 Å². The molecule has 2 aromatic carbocycles. The van der Waals surface area contributed by atoms with Crippen molar-refractivity contribution >= 4 is 21.7 Å². The smallest absolute Gasteiger partial charge is 0.243 e. The van der Waals surface area contributed by atoms with E-state index in [1.54, 1.807) is 36.0 Å². The first-order chi connectivity index (χ1) is 15.1. The summed E-state index contributed by atoms with van der Waals surface area (Å²) in [6, 6.07) is 10.1. The van der Waals surface area contributed by atoms with Crippen molar-refractivity contribution in [1.82, 2.24) is 19.2 Å². The van der Waals surface area contributed by atoms with Crippen LogP contribution < -0.4 is 5.32 Å². The summed E-state index contributed by atoms with van der Waals surface area (Å²) in [5.41, 5.74) is 1.27. The Morgan fingerprint density at radius 2 is 1.84 bits per heavy atom. The van der Waals surface area contributed by atoms with Crippen LogP contribution in [-0.4, -0.2) is 47.6 Å². The molecule has 0 bridgehead atoms. The Morgan fingerprint density at radius 1 is 1.16 bits per heavy atom. The fraction of sp³-hybridized carbons (Fsp3) is 0.227. The molecule has 10 heteroatoms. The minimum Gasteiger partial charge on any atom is -0.351 e. The molecule has 0 saturated heterocycles. The molecule has 0 saturated carbocycles. The van der Waals surface area contributed by atoms with Gasteiger partial charge in [0.1, 0.15) is 11.6 Å². The van der Waals surface area contributed by atoms with Crippen molar-refractivity contribution in [3.63, 3.8) is 0 Å². The van der Waals surface area contributed by atoms with Crippen molar-refractivity contribution < 1.29 is 22.4 Å². The van der Waals surface area contributed by atoms with Gasteiger partial charge in [-0.2, -0.15) is 4.31 Å². The monoisotopic (exact) mass is 458 g/mol. The fourth-order valence-electron chi connectivity index (χ4n) is 3.07. The molecule has 0 atom stereocenters. The Bertz CT molecular complexity index is 1250. The Labute approximate surface area is 185 Å². The molecule has 0 aliphatic heterocycles. The van der Waals surface area contributed by atoms with E-state index in [-0.39, 0.29) is 17.2 Å². The van der Waals surface area contributed by atoms with E-state index in [0.29, 0.717) is 22.6 Å². The van der Waals surface area contributed by atoms with Gasteiger partial charge in [0.25, 0.3) is 0 Å². The zero-order valence-electron chi connectivity index (χ0n) is 17.9. The van der Waals surface area contributed by atoms with Gasteiger partial charge >= 0.3 is 0 Å². The molecule has 1 heterocycles. The number of hydrogen-bond acceptors (Lipinski definition) is 5. The third-order valence-corrected chi connectivity index (χ3v) is 6.74. The number of carbonyl (C=O) groups excluding carboxylic acids is 2. The second-order valence-electron chi connectivity index (χ2n) is 7.25. The summed E-state index contributed by atoms with van der Waals surface area (Å²) < 4.78 is 42.3. The van der Waals surface area contributed by atoms with Crippen molar-refractivity contribution in [2.75, 3.05) is 13.6 Å². The number of nitrogens with zero attached hydrogens (tertiary/aromatic N) is 3. The highest BCUT2D eigenvalue weighted by molar-refractivity contribution is 7.89. The number of halogens is 1. The molecule has 1 amide bonds. The van der Waals surface area contributed by atoms with Crippen molar-refractivity contribution in [3.05, 3.63) is 77.6 Å². The molecule has 1 N–H and O–H groups in total. The quantitative estimate of drug-likeness (QED) is 0.523. The van der Waals surface area contributed by atoms with E-state index in [2.05, 4.69) is 10.3 Å². The van der Waals surface area contributed by atoms with Crippen LogP contribution >= 0.6 is 0 Å². The maximum Gasteiger partial charge on any atom is 0.243 e. The summed E-state index contributed by atoms with van der Waals surface area (Å²) in [6.45, 7) is 2.78. The lowest BCUT2D eigenvalue weighted by atomic mass is 10.2. The predicted octanol–water partition coefficient (Wildman–Crippen LogP) is 2.46. The molecule has 0 unspecified atom stereocenters. The van der Waals surface area contributed by atoms with Gasteiger partial charge in [-0.1, -0.05) is 18.2 Å². The van der Waals surface area contributed by atoms with Gasteiger partial charge in [-0.15, -0.1) is 0 Å². The average molecular weight is 459 g/mol. The predicted molar refractivity (Wildman–Crippen MR) is 116 cm³/mol. The summed E-state index contributed by atoms with van der Waals surface area (Å²) in [4.78, 5) is 27.7. The van der Waals surface area contributed by atoms with Crippen molar-refractivity contribution in [2.24, 2.45) is 0 Å². The number of sulfonamides is 1. The minimum atomic E-state index is -3.91. The maximum absolute atomic E-state index is 14.5. The normalized spacial score (nSPS) is 11.5. The van der Waals surface area contributed by atoms with Gasteiger partial charge in [-0.3, -0.25) is 9.59 Å². The van der Waals surface area contributed by atoms with Crippen LogP contribution in [0.3, 0.4) is 0 Å². The summed E-state index contributed by atoms with van der Waals surface area (Å²) in [6.07, 6.45) is 3.23. The molecule has 168 valence electrons. The molecular weight excluding hydrogens is 435 g/mol. The number of benzene rings is 2. The fourth-order valence-corrected chi connectivity index (χ4v) is 4.20. The second kappa shape index (κ2) is 9.41. The summed E-state index contributed by atoms with van der Waals surface area (Å²) >= 11 is 0. The highest BCUT2D eigenvalue weighted by Gasteiger charge is 2.23. The highest BCUT2D eigenvalue weighted by Crippen LogP contribution is 2.17. The van der Waals surface area contributed by atoms with Gasteiger partial charge in [0.15, 0.2) is 5.78 Å². The number of nitrogens with one attached hydrogen (secondary N) is 1. The molecule has 3 aromatic rings. The molecule has 0 aliphatic carbocycles. The van der Waals surface area contributed by atoms with Gasteiger partial charge in [-0.05, 0) is 43.7 Å². The van der Waals surface area contributed by atoms with Crippen molar-refractivity contribution in [1.29, 1.82) is 0 Å². The number of aromatic nitrogens is 2. The lowest BCUT2D eigenvalue weighted by Crippen LogP contribution is -2.38. The summed E-state index contributed by atoms with van der Waals surface area (Å²) in [7, 11) is -2.62. The molecular formula is C22H23FN4O4S. The molecule has 0 aliphatic rings. The Hall–Kier alpha value is -3.37. The van der Waals surface area contributed by atoms with Crippen LogP contribution in [0.15, 0.2) is 59.8 Å². The second-order valence-corrected chi connectivity index (χ2v) is 9.29. The van der Waals surface area contributed by atoms with Crippen molar-refractivity contribution in [2.45, 2.75) is 25.3 Å². The first-order valence-corrected chi connectivity index (χ1v) is 11.2. The summed E-state index contributed by atoms with van der Waals surface area (Å²) in [5.74, 6) is -0.533. The number of ketones is 1. The van der Waals surface area contributed by atoms with E-state index in [1.165, 1.54) is 44.3 Å². The lowest BCUT2D eigenvalue weighted by Gasteiger charge is -2.17. The Kier molecular flexibility index (Phi) is 6.85. The van der Waals surface area contributed by atoms with Crippen LogP contribution in [0.4, 0.5) is 4.39 Å². The van der Waals surface area contributed by atoms with E-state index in [9.17, 15) is 22.4 Å². The molecule has 3 rings (SSSR count). The molecule has 0 fully saturated rings. The first-order valence-electron chi connectivity index (χ1n) is 9.72. The SMILES string of the molecule is CC(=O)c1ccc(S(=O)(=O)N(C)CC(=O)NCc2ccc(-n3ccnc3C)c(F)c2)cc1. The van der Waals surface area contributed by atoms with Gasteiger partial charge in [0, 0.05) is 31.5 Å². The lowest BCUT2D eigenvalue weighted by molar-refractivity contribution is -0.121. The van der Waals surface area contributed by atoms with Crippen LogP contribution in [0.5, 0.6) is 0 Å².